The van der Waals surface area contributed by atoms with Crippen LogP contribution < -0.4 is 0 Å². The maximum atomic E-state index is 6.24. The second-order valence-corrected chi connectivity index (χ2v) is 5.50. The number of hydrogen-bond donors (Lipinski definition) is 0. The Balaban J connectivity index is 0.00000180. The first kappa shape index (κ1) is 17.5. The second kappa shape index (κ2) is 7.42. The molecule has 0 fully saturated rings. The minimum atomic E-state index is 0. The summed E-state index contributed by atoms with van der Waals surface area (Å²) in [4.78, 5) is 2.05. The molecule has 0 saturated heterocycles. The first-order valence-electron chi connectivity index (χ1n) is 5.46. The first-order chi connectivity index (χ1) is 8.54. The molecule has 1 nitrogen and oxygen atoms in total. The smallest absolute Gasteiger partial charge is 0.0400 e. The van der Waals surface area contributed by atoms with E-state index < -0.39 is 0 Å². The van der Waals surface area contributed by atoms with Gasteiger partial charge in [-0.15, -0.1) is 22.0 Å². The Morgan fingerprint density at radius 3 is 2.63 bits per heavy atom. The zero-order chi connectivity index (χ0) is 13.3. The van der Waals surface area contributed by atoms with Gasteiger partial charge in [0, 0.05) is 44.3 Å². The minimum Gasteiger partial charge on any atom is -0.375 e. The van der Waals surface area contributed by atoms with E-state index in [0.29, 0.717) is 10.0 Å². The molecule has 2 rings (SSSR count). The minimum absolute atomic E-state index is 0. The number of benzene rings is 1. The van der Waals surface area contributed by atoms with Gasteiger partial charge in [0.25, 0.3) is 0 Å². The summed E-state index contributed by atoms with van der Waals surface area (Å²) < 4.78 is 0.929. The Labute approximate surface area is 157 Å². The quantitative estimate of drug-likeness (QED) is 0.576. The van der Waals surface area contributed by atoms with Crippen molar-refractivity contribution in [3.63, 3.8) is 0 Å². The predicted molar refractivity (Wildman–Crippen MR) is 81.6 cm³/mol. The van der Waals surface area contributed by atoms with Gasteiger partial charge in [-0.05, 0) is 23.7 Å². The molecular weight excluding hydrogens is 422 g/mol. The van der Waals surface area contributed by atoms with Gasteiger partial charge in [-0.25, -0.2) is 0 Å². The Bertz CT molecular complexity index is 567. The molecule has 1 radical (unpaired) electrons. The molecule has 19 heavy (non-hydrogen) atoms. The molecule has 0 N–H and O–H groups in total. The van der Waals surface area contributed by atoms with E-state index in [2.05, 4.69) is 40.4 Å². The van der Waals surface area contributed by atoms with Crippen LogP contribution in [0.4, 0.5) is 0 Å². The van der Waals surface area contributed by atoms with Crippen molar-refractivity contribution in [1.82, 2.24) is 4.90 Å². The molecule has 1 aliphatic rings. The molecule has 0 bridgehead atoms. The van der Waals surface area contributed by atoms with Crippen LogP contribution in [0.3, 0.4) is 0 Å². The molecule has 0 aliphatic carbocycles. The van der Waals surface area contributed by atoms with Crippen LogP contribution in [0.1, 0.15) is 12.5 Å². The molecule has 5 heteroatoms. The summed E-state index contributed by atoms with van der Waals surface area (Å²) in [6.07, 6.45) is 5.08. The molecule has 0 spiro atoms. The zero-order valence-electron chi connectivity index (χ0n) is 10.4. The summed E-state index contributed by atoms with van der Waals surface area (Å²) in [5, 5.41) is 1.24. The predicted octanol–water partition coefficient (Wildman–Crippen LogP) is 5.26. The van der Waals surface area contributed by atoms with Gasteiger partial charge in [-0.1, -0.05) is 51.6 Å². The van der Waals surface area contributed by atoms with E-state index in [1.165, 1.54) is 0 Å². The van der Waals surface area contributed by atoms with Crippen molar-refractivity contribution in [2.45, 2.75) is 6.92 Å². The third kappa shape index (κ3) is 3.74. The molecule has 1 aromatic carbocycles. The van der Waals surface area contributed by atoms with Gasteiger partial charge in [0.15, 0.2) is 0 Å². The van der Waals surface area contributed by atoms with E-state index in [1.54, 1.807) is 6.07 Å². The Hall–Kier alpha value is 0.404. The van der Waals surface area contributed by atoms with Crippen LogP contribution in [0, 0.1) is 6.08 Å². The summed E-state index contributed by atoms with van der Waals surface area (Å²) in [5.41, 5.74) is 2.71. The van der Waals surface area contributed by atoms with E-state index in [-0.39, 0.29) is 32.7 Å². The molecule has 0 unspecified atom stereocenters. The van der Waals surface area contributed by atoms with Gasteiger partial charge < -0.3 is 4.90 Å². The summed E-state index contributed by atoms with van der Waals surface area (Å²) in [7, 11) is 0. The van der Waals surface area contributed by atoms with Crippen LogP contribution in [0.5, 0.6) is 0 Å². The van der Waals surface area contributed by atoms with Gasteiger partial charge >= 0.3 is 0 Å². The maximum absolute atomic E-state index is 6.24. The van der Waals surface area contributed by atoms with Crippen molar-refractivity contribution < 1.29 is 32.7 Å². The van der Waals surface area contributed by atoms with Crippen LogP contribution in [-0.4, -0.2) is 11.4 Å². The number of rotatable bonds is 2. The molecular formula is C14H11BrCl2NY-. The average Bonchev–Trinajstić information content (AvgIpc) is 2.33. The number of hydrogen-bond acceptors (Lipinski definition) is 1. The van der Waals surface area contributed by atoms with Crippen molar-refractivity contribution in [2.75, 3.05) is 6.54 Å². The molecule has 0 amide bonds. The normalized spacial score (nSPS) is 14.7. The summed E-state index contributed by atoms with van der Waals surface area (Å²) in [6.45, 7) is 6.90. The average molecular weight is 433 g/mol. The van der Waals surface area contributed by atoms with E-state index >= 15 is 0 Å². The van der Waals surface area contributed by atoms with Crippen molar-refractivity contribution in [1.29, 1.82) is 0 Å². The first-order valence-corrected chi connectivity index (χ1v) is 7.01. The topological polar surface area (TPSA) is 3.24 Å². The number of halogens is 3. The van der Waals surface area contributed by atoms with Crippen LogP contribution in [-0.2, 0) is 32.7 Å². The molecule has 1 aromatic rings. The van der Waals surface area contributed by atoms with E-state index in [9.17, 15) is 0 Å². The van der Waals surface area contributed by atoms with Crippen molar-refractivity contribution in [3.8, 4) is 0 Å². The van der Waals surface area contributed by atoms with Gasteiger partial charge in [-0.2, -0.15) is 12.2 Å². The van der Waals surface area contributed by atoms with E-state index in [0.717, 1.165) is 28.0 Å². The van der Waals surface area contributed by atoms with E-state index in [1.807, 2.05) is 18.2 Å². The standard InChI is InChI=1S/C14H11BrCl2N.Y/c1-3-18-9(2)12(15)6-7-14(18)11-5-4-10(16)8-13(11)17;/h4-6,8H,2-3H2,1H3;/q-1;. The monoisotopic (exact) mass is 431 g/mol. The molecule has 1 heterocycles. The van der Waals surface area contributed by atoms with Crippen LogP contribution in [0.15, 0.2) is 41.0 Å². The van der Waals surface area contributed by atoms with Crippen molar-refractivity contribution in [3.05, 3.63) is 62.7 Å². The summed E-state index contributed by atoms with van der Waals surface area (Å²) in [6, 6.07) is 5.45. The van der Waals surface area contributed by atoms with Crippen LogP contribution in [0.2, 0.25) is 10.0 Å². The molecule has 0 atom stereocenters. The van der Waals surface area contributed by atoms with Crippen LogP contribution in [0.25, 0.3) is 5.70 Å². The van der Waals surface area contributed by atoms with Gasteiger partial charge in [0.2, 0.25) is 0 Å². The Morgan fingerprint density at radius 2 is 2.05 bits per heavy atom. The van der Waals surface area contributed by atoms with Gasteiger partial charge in [0.05, 0.1) is 0 Å². The Morgan fingerprint density at radius 1 is 1.37 bits per heavy atom. The molecule has 97 valence electrons. The number of allylic oxidation sites excluding steroid dienone is 3. The number of likely N-dealkylation sites (N-methyl/N-ethyl adjacent to an activating group) is 1. The van der Waals surface area contributed by atoms with Gasteiger partial charge in [-0.3, -0.25) is 0 Å². The van der Waals surface area contributed by atoms with E-state index in [4.69, 9.17) is 23.2 Å². The second-order valence-electron chi connectivity index (χ2n) is 3.80. The number of nitrogens with zero attached hydrogens (tertiary/aromatic N) is 1. The molecule has 1 aliphatic heterocycles. The fraction of sp³-hybridized carbons (Fsp3) is 0.143. The molecule has 0 aromatic heterocycles. The summed E-state index contributed by atoms with van der Waals surface area (Å²) in [5.74, 6) is 0. The maximum Gasteiger partial charge on any atom is 0.0400 e. The largest absolute Gasteiger partial charge is 0.375 e. The third-order valence-electron chi connectivity index (χ3n) is 2.71. The zero-order valence-corrected chi connectivity index (χ0v) is 16.3. The fourth-order valence-corrected chi connectivity index (χ4v) is 2.64. The molecule has 0 saturated carbocycles. The van der Waals surface area contributed by atoms with Gasteiger partial charge in [0.1, 0.15) is 0 Å². The third-order valence-corrected chi connectivity index (χ3v) is 3.94. The van der Waals surface area contributed by atoms with Crippen molar-refractivity contribution in [2.24, 2.45) is 0 Å². The summed E-state index contributed by atoms with van der Waals surface area (Å²) >= 11 is 15.6. The van der Waals surface area contributed by atoms with Crippen molar-refractivity contribution >= 4 is 44.8 Å². The van der Waals surface area contributed by atoms with Crippen LogP contribution >= 0.6 is 39.1 Å². The fourth-order valence-electron chi connectivity index (χ4n) is 1.81. The Kier molecular flexibility index (Phi) is 6.82. The SMILES string of the molecule is C=C1C(Br)=C[C-]=C(c2ccc(Cl)cc2Cl)N1CC.[Y].